The van der Waals surface area contributed by atoms with Gasteiger partial charge in [-0.2, -0.15) is 0 Å². The van der Waals surface area contributed by atoms with Gasteiger partial charge in [-0.1, -0.05) is 0 Å². The number of ether oxygens (including phenoxy) is 1. The van der Waals surface area contributed by atoms with Gasteiger partial charge in [-0.3, -0.25) is 9.59 Å². The summed E-state index contributed by atoms with van der Waals surface area (Å²) in [5, 5.41) is 5.06. The summed E-state index contributed by atoms with van der Waals surface area (Å²) in [5.74, 6) is -1.20. The number of alkyl halides is 3. The highest BCUT2D eigenvalue weighted by atomic mass is 19.4. The largest absolute Gasteiger partial charge is 0.573 e. The fourth-order valence-electron chi connectivity index (χ4n) is 1.78. The molecule has 0 saturated carbocycles. The Bertz CT molecular complexity index is 514. The van der Waals surface area contributed by atoms with Crippen molar-refractivity contribution in [3.63, 3.8) is 0 Å². The number of carbonyl (C=O) groups is 2. The molecule has 108 valence electrons. The third-order valence-electron chi connectivity index (χ3n) is 2.70. The number of benzene rings is 1. The molecule has 1 fully saturated rings. The average molecular weight is 288 g/mol. The molecule has 0 radical (unpaired) electrons. The third kappa shape index (κ3) is 3.62. The summed E-state index contributed by atoms with van der Waals surface area (Å²) in [7, 11) is 0. The molecule has 1 aliphatic rings. The Morgan fingerprint density at radius 1 is 1.30 bits per heavy atom. The average Bonchev–Trinajstić information content (AvgIpc) is 2.74. The fraction of sp³-hybridized carbons (Fsp3) is 0.333. The van der Waals surface area contributed by atoms with Gasteiger partial charge in [-0.15, -0.1) is 13.2 Å². The molecule has 2 amide bonds. The minimum absolute atomic E-state index is 0.152. The van der Waals surface area contributed by atoms with Crippen LogP contribution in [0.2, 0.25) is 0 Å². The fourth-order valence-corrected chi connectivity index (χ4v) is 1.78. The Morgan fingerprint density at radius 2 is 1.95 bits per heavy atom. The Kier molecular flexibility index (Phi) is 3.82. The van der Waals surface area contributed by atoms with Crippen LogP contribution in [0.1, 0.15) is 16.8 Å². The van der Waals surface area contributed by atoms with Gasteiger partial charge in [0.05, 0.1) is 0 Å². The van der Waals surface area contributed by atoms with Gasteiger partial charge in [0.25, 0.3) is 5.91 Å². The molecule has 2 rings (SSSR count). The first-order valence-corrected chi connectivity index (χ1v) is 5.79. The van der Waals surface area contributed by atoms with E-state index in [2.05, 4.69) is 15.4 Å². The molecule has 0 aliphatic carbocycles. The van der Waals surface area contributed by atoms with E-state index in [1.807, 2.05) is 0 Å². The van der Waals surface area contributed by atoms with E-state index in [1.165, 1.54) is 12.1 Å². The van der Waals surface area contributed by atoms with Crippen molar-refractivity contribution in [3.8, 4) is 5.75 Å². The molecule has 1 aromatic carbocycles. The van der Waals surface area contributed by atoms with Crippen LogP contribution in [0.5, 0.6) is 5.75 Å². The maximum atomic E-state index is 12.0. The van der Waals surface area contributed by atoms with Crippen LogP contribution in [0.25, 0.3) is 0 Å². The zero-order valence-electron chi connectivity index (χ0n) is 10.2. The lowest BCUT2D eigenvalue weighted by molar-refractivity contribution is -0.274. The van der Waals surface area contributed by atoms with Crippen LogP contribution in [-0.2, 0) is 4.79 Å². The number of nitrogens with one attached hydrogen (secondary N) is 2. The van der Waals surface area contributed by atoms with Gasteiger partial charge >= 0.3 is 6.36 Å². The van der Waals surface area contributed by atoms with Crippen molar-refractivity contribution in [1.82, 2.24) is 10.6 Å². The van der Waals surface area contributed by atoms with Crippen molar-refractivity contribution in [2.24, 2.45) is 0 Å². The summed E-state index contributed by atoms with van der Waals surface area (Å²) in [6.07, 6.45) is -4.29. The smallest absolute Gasteiger partial charge is 0.406 e. The summed E-state index contributed by atoms with van der Waals surface area (Å²) < 4.78 is 39.6. The molecule has 1 atom stereocenters. The zero-order valence-corrected chi connectivity index (χ0v) is 10.2. The monoisotopic (exact) mass is 288 g/mol. The summed E-state index contributed by atoms with van der Waals surface area (Å²) >= 11 is 0. The van der Waals surface area contributed by atoms with Crippen molar-refractivity contribution in [3.05, 3.63) is 29.8 Å². The molecule has 1 heterocycles. The number of hydrogen-bond acceptors (Lipinski definition) is 3. The molecule has 1 unspecified atom stereocenters. The zero-order chi connectivity index (χ0) is 14.8. The molecule has 2 N–H and O–H groups in total. The second kappa shape index (κ2) is 5.40. The molecule has 20 heavy (non-hydrogen) atoms. The molecule has 0 bridgehead atoms. The van der Waals surface area contributed by atoms with E-state index in [-0.39, 0.29) is 11.5 Å². The van der Waals surface area contributed by atoms with E-state index < -0.39 is 24.1 Å². The molecule has 1 saturated heterocycles. The number of amides is 2. The maximum absolute atomic E-state index is 12.0. The second-order valence-electron chi connectivity index (χ2n) is 4.18. The standard InChI is InChI=1S/C12H11F3N2O3/c13-12(14,15)20-8-3-1-7(2-4-8)10(18)17-9-5-6-16-11(9)19/h1-4,9H,5-6H2,(H,16,19)(H,17,18). The lowest BCUT2D eigenvalue weighted by atomic mass is 10.1. The Labute approximate surface area is 112 Å². The first-order valence-electron chi connectivity index (χ1n) is 5.79. The minimum atomic E-state index is -4.77. The summed E-state index contributed by atoms with van der Waals surface area (Å²) in [6.45, 7) is 0.488. The number of carbonyl (C=O) groups excluding carboxylic acids is 2. The lowest BCUT2D eigenvalue weighted by Crippen LogP contribution is -2.40. The molecule has 1 aromatic rings. The van der Waals surface area contributed by atoms with Gasteiger partial charge in [0.1, 0.15) is 11.8 Å². The second-order valence-corrected chi connectivity index (χ2v) is 4.18. The van der Waals surface area contributed by atoms with Crippen LogP contribution in [0.15, 0.2) is 24.3 Å². The first kappa shape index (κ1) is 14.2. The Morgan fingerprint density at radius 3 is 2.45 bits per heavy atom. The van der Waals surface area contributed by atoms with Crippen molar-refractivity contribution in [2.75, 3.05) is 6.54 Å². The predicted octanol–water partition coefficient (Wildman–Crippen LogP) is 1.20. The van der Waals surface area contributed by atoms with Crippen molar-refractivity contribution in [1.29, 1.82) is 0 Å². The van der Waals surface area contributed by atoms with Crippen LogP contribution >= 0.6 is 0 Å². The van der Waals surface area contributed by atoms with Crippen LogP contribution in [0.4, 0.5) is 13.2 Å². The van der Waals surface area contributed by atoms with Crippen molar-refractivity contribution >= 4 is 11.8 Å². The molecule has 8 heteroatoms. The van der Waals surface area contributed by atoms with Crippen LogP contribution in [0.3, 0.4) is 0 Å². The molecular formula is C12H11F3N2O3. The summed E-state index contributed by atoms with van der Waals surface area (Å²) in [5.41, 5.74) is 0.152. The van der Waals surface area contributed by atoms with Crippen molar-refractivity contribution < 1.29 is 27.5 Å². The summed E-state index contributed by atoms with van der Waals surface area (Å²) in [4.78, 5) is 23.1. The number of rotatable bonds is 3. The van der Waals surface area contributed by atoms with Gasteiger partial charge in [-0.25, -0.2) is 0 Å². The van der Waals surface area contributed by atoms with Crippen molar-refractivity contribution in [2.45, 2.75) is 18.8 Å². The van der Waals surface area contributed by atoms with Gasteiger partial charge < -0.3 is 15.4 Å². The van der Waals surface area contributed by atoms with Gasteiger partial charge in [0.2, 0.25) is 5.91 Å². The van der Waals surface area contributed by atoms with Crippen LogP contribution in [-0.4, -0.2) is 30.8 Å². The number of hydrogen-bond donors (Lipinski definition) is 2. The first-order chi connectivity index (χ1) is 9.35. The van der Waals surface area contributed by atoms with E-state index >= 15 is 0 Å². The quantitative estimate of drug-likeness (QED) is 0.878. The highest BCUT2D eigenvalue weighted by molar-refractivity contribution is 5.98. The van der Waals surface area contributed by atoms with E-state index in [9.17, 15) is 22.8 Å². The SMILES string of the molecule is O=C(NC1CCNC1=O)c1ccc(OC(F)(F)F)cc1. The maximum Gasteiger partial charge on any atom is 0.573 e. The van der Waals surface area contributed by atoms with Crippen LogP contribution < -0.4 is 15.4 Å². The Balaban J connectivity index is 1.98. The lowest BCUT2D eigenvalue weighted by Gasteiger charge is -2.11. The van der Waals surface area contributed by atoms with Gasteiger partial charge in [-0.05, 0) is 30.7 Å². The third-order valence-corrected chi connectivity index (χ3v) is 2.70. The number of halogens is 3. The van der Waals surface area contributed by atoms with Crippen LogP contribution in [0, 0.1) is 0 Å². The van der Waals surface area contributed by atoms with Gasteiger partial charge in [0.15, 0.2) is 0 Å². The topological polar surface area (TPSA) is 67.4 Å². The molecular weight excluding hydrogens is 277 g/mol. The molecule has 0 aromatic heterocycles. The highest BCUT2D eigenvalue weighted by Crippen LogP contribution is 2.22. The minimum Gasteiger partial charge on any atom is -0.406 e. The Hall–Kier alpha value is -2.25. The predicted molar refractivity (Wildman–Crippen MR) is 62.0 cm³/mol. The molecule has 0 spiro atoms. The normalized spacial score (nSPS) is 18.6. The molecule has 1 aliphatic heterocycles. The highest BCUT2D eigenvalue weighted by Gasteiger charge is 2.31. The van der Waals surface area contributed by atoms with Gasteiger partial charge in [0, 0.05) is 12.1 Å². The van der Waals surface area contributed by atoms with E-state index in [4.69, 9.17) is 0 Å². The van der Waals surface area contributed by atoms with E-state index in [1.54, 1.807) is 0 Å². The van der Waals surface area contributed by atoms with E-state index in [0.29, 0.717) is 13.0 Å². The van der Waals surface area contributed by atoms with E-state index in [0.717, 1.165) is 12.1 Å². The summed E-state index contributed by atoms with van der Waals surface area (Å²) in [6, 6.07) is 3.87. The molecule has 5 nitrogen and oxygen atoms in total.